The van der Waals surface area contributed by atoms with Gasteiger partial charge < -0.3 is 14.5 Å². The lowest BCUT2D eigenvalue weighted by Gasteiger charge is -2.26. The predicted molar refractivity (Wildman–Crippen MR) is 66.4 cm³/mol. The predicted octanol–water partition coefficient (Wildman–Crippen LogP) is 3.12. The summed E-state index contributed by atoms with van der Waals surface area (Å²) < 4.78 is 11.5. The van der Waals surface area contributed by atoms with Crippen molar-refractivity contribution in [3.63, 3.8) is 0 Å². The first kappa shape index (κ1) is 12.1. The molecule has 0 amide bonds. The molecule has 16 heavy (non-hydrogen) atoms. The third-order valence-electron chi connectivity index (χ3n) is 3.28. The summed E-state index contributed by atoms with van der Waals surface area (Å²) in [5, 5.41) is 3.36. The van der Waals surface area contributed by atoms with Crippen molar-refractivity contribution in [1.82, 2.24) is 5.32 Å². The largest absolute Gasteiger partial charge is 0.457 e. The van der Waals surface area contributed by atoms with Crippen LogP contribution in [0.2, 0.25) is 0 Å². The average molecular weight is 288 g/mol. The topological polar surface area (TPSA) is 34.4 Å². The van der Waals surface area contributed by atoms with Crippen LogP contribution >= 0.6 is 15.9 Å². The highest BCUT2D eigenvalue weighted by Gasteiger charge is 2.21. The Morgan fingerprint density at radius 2 is 2.25 bits per heavy atom. The van der Waals surface area contributed by atoms with E-state index in [0.29, 0.717) is 6.04 Å². The fourth-order valence-electron chi connectivity index (χ4n) is 2.27. The van der Waals surface area contributed by atoms with E-state index in [2.05, 4.69) is 21.2 Å². The monoisotopic (exact) mass is 287 g/mol. The first-order valence-corrected chi connectivity index (χ1v) is 6.58. The highest BCUT2D eigenvalue weighted by atomic mass is 79.9. The Morgan fingerprint density at radius 1 is 1.50 bits per heavy atom. The van der Waals surface area contributed by atoms with Crippen LogP contribution in [0.3, 0.4) is 0 Å². The summed E-state index contributed by atoms with van der Waals surface area (Å²) in [6.45, 7) is 1.82. The van der Waals surface area contributed by atoms with Gasteiger partial charge in [0.15, 0.2) is 4.67 Å². The maximum atomic E-state index is 5.38. The van der Waals surface area contributed by atoms with Crippen molar-refractivity contribution < 1.29 is 9.15 Å². The van der Waals surface area contributed by atoms with Crippen molar-refractivity contribution in [1.29, 1.82) is 0 Å². The molecule has 3 nitrogen and oxygen atoms in total. The summed E-state index contributed by atoms with van der Waals surface area (Å²) in [5.74, 6) is 0.757. The summed E-state index contributed by atoms with van der Waals surface area (Å²) >= 11 is 3.44. The molecule has 0 aliphatic carbocycles. The second-order valence-electron chi connectivity index (χ2n) is 4.28. The fraction of sp³-hybridized carbons (Fsp3) is 0.667. The summed E-state index contributed by atoms with van der Waals surface area (Å²) in [7, 11) is 2.00. The van der Waals surface area contributed by atoms with Gasteiger partial charge in [0.1, 0.15) is 0 Å². The van der Waals surface area contributed by atoms with E-state index in [9.17, 15) is 0 Å². The number of halogens is 1. The van der Waals surface area contributed by atoms with E-state index in [1.165, 1.54) is 18.4 Å². The number of furan rings is 1. The van der Waals surface area contributed by atoms with E-state index in [4.69, 9.17) is 9.15 Å². The van der Waals surface area contributed by atoms with Gasteiger partial charge in [-0.2, -0.15) is 0 Å². The van der Waals surface area contributed by atoms with Crippen molar-refractivity contribution in [3.05, 3.63) is 22.6 Å². The zero-order valence-corrected chi connectivity index (χ0v) is 11.1. The van der Waals surface area contributed by atoms with Crippen molar-refractivity contribution in [2.75, 3.05) is 20.3 Å². The number of rotatable bonds is 4. The molecule has 4 heteroatoms. The summed E-state index contributed by atoms with van der Waals surface area (Å²) in [6.07, 6.45) is 5.23. The lowest BCUT2D eigenvalue weighted by molar-refractivity contribution is 0.0607. The molecule has 1 aromatic rings. The molecule has 2 rings (SSSR count). The Bertz CT molecular complexity index is 321. The molecule has 1 saturated heterocycles. The first-order valence-electron chi connectivity index (χ1n) is 5.79. The highest BCUT2D eigenvalue weighted by molar-refractivity contribution is 9.10. The van der Waals surface area contributed by atoms with Gasteiger partial charge in [-0.3, -0.25) is 0 Å². The molecular weight excluding hydrogens is 270 g/mol. The van der Waals surface area contributed by atoms with Crippen LogP contribution in [0, 0.1) is 5.92 Å². The smallest absolute Gasteiger partial charge is 0.173 e. The zero-order chi connectivity index (χ0) is 11.4. The molecule has 90 valence electrons. The van der Waals surface area contributed by atoms with Crippen LogP contribution < -0.4 is 5.32 Å². The standard InChI is InChI=1S/C12H18BrNO2/c1-14-11(10-4-7-16-12(10)13)8-9-2-5-15-6-3-9/h4,7,9,11,14H,2-3,5-6,8H2,1H3. The maximum Gasteiger partial charge on any atom is 0.173 e. The Balaban J connectivity index is 1.97. The molecule has 1 aliphatic rings. The van der Waals surface area contributed by atoms with Gasteiger partial charge in [0.05, 0.1) is 6.26 Å². The van der Waals surface area contributed by atoms with Gasteiger partial charge in [-0.1, -0.05) is 0 Å². The summed E-state index contributed by atoms with van der Waals surface area (Å²) in [6, 6.07) is 2.40. The van der Waals surface area contributed by atoms with E-state index >= 15 is 0 Å². The van der Waals surface area contributed by atoms with Crippen LogP contribution in [0.1, 0.15) is 30.9 Å². The lowest BCUT2D eigenvalue weighted by atomic mass is 9.90. The lowest BCUT2D eigenvalue weighted by Crippen LogP contribution is -2.23. The van der Waals surface area contributed by atoms with Crippen molar-refractivity contribution in [2.45, 2.75) is 25.3 Å². The third-order valence-corrected chi connectivity index (χ3v) is 3.92. The Morgan fingerprint density at radius 3 is 2.81 bits per heavy atom. The van der Waals surface area contributed by atoms with E-state index in [-0.39, 0.29) is 0 Å². The molecule has 1 N–H and O–H groups in total. The van der Waals surface area contributed by atoms with Crippen LogP contribution in [0.15, 0.2) is 21.4 Å². The molecule has 1 fully saturated rings. The van der Waals surface area contributed by atoms with Gasteiger partial charge in [-0.15, -0.1) is 0 Å². The van der Waals surface area contributed by atoms with Gasteiger partial charge in [0, 0.05) is 24.8 Å². The van der Waals surface area contributed by atoms with E-state index in [1.54, 1.807) is 6.26 Å². The molecule has 1 aromatic heterocycles. The molecule has 0 aromatic carbocycles. The third kappa shape index (κ3) is 2.87. The Labute approximate surface area is 105 Å². The zero-order valence-electron chi connectivity index (χ0n) is 9.54. The molecule has 0 saturated carbocycles. The normalized spacial score (nSPS) is 19.9. The van der Waals surface area contributed by atoms with Crippen molar-refractivity contribution in [2.24, 2.45) is 5.92 Å². The minimum atomic E-state index is 0.372. The van der Waals surface area contributed by atoms with Crippen LogP contribution in [-0.2, 0) is 4.74 Å². The molecular formula is C12H18BrNO2. The summed E-state index contributed by atoms with van der Waals surface area (Å²) in [5.41, 5.74) is 1.22. The minimum Gasteiger partial charge on any atom is -0.457 e. The van der Waals surface area contributed by atoms with Gasteiger partial charge >= 0.3 is 0 Å². The Kier molecular flexibility index (Phi) is 4.44. The van der Waals surface area contributed by atoms with Gasteiger partial charge in [0.25, 0.3) is 0 Å². The first-order chi connectivity index (χ1) is 7.81. The van der Waals surface area contributed by atoms with E-state index < -0.39 is 0 Å². The SMILES string of the molecule is CNC(CC1CCOCC1)c1ccoc1Br. The van der Waals surface area contributed by atoms with E-state index in [0.717, 1.165) is 30.2 Å². The van der Waals surface area contributed by atoms with Gasteiger partial charge in [0.2, 0.25) is 0 Å². The van der Waals surface area contributed by atoms with E-state index in [1.807, 2.05) is 13.1 Å². The number of hydrogen-bond donors (Lipinski definition) is 1. The maximum absolute atomic E-state index is 5.38. The summed E-state index contributed by atoms with van der Waals surface area (Å²) in [4.78, 5) is 0. The molecule has 2 heterocycles. The molecule has 0 bridgehead atoms. The van der Waals surface area contributed by atoms with Gasteiger partial charge in [-0.25, -0.2) is 0 Å². The number of hydrogen-bond acceptors (Lipinski definition) is 3. The van der Waals surface area contributed by atoms with Crippen molar-refractivity contribution >= 4 is 15.9 Å². The minimum absolute atomic E-state index is 0.372. The average Bonchev–Trinajstić information content (AvgIpc) is 2.74. The number of nitrogens with one attached hydrogen (secondary N) is 1. The molecule has 1 unspecified atom stereocenters. The number of ether oxygens (including phenoxy) is 1. The molecule has 1 atom stereocenters. The Hall–Kier alpha value is -0.320. The van der Waals surface area contributed by atoms with Crippen LogP contribution in [0.4, 0.5) is 0 Å². The molecule has 1 aliphatic heterocycles. The van der Waals surface area contributed by atoms with Crippen LogP contribution in [0.5, 0.6) is 0 Å². The molecule has 0 spiro atoms. The second-order valence-corrected chi connectivity index (χ2v) is 5.00. The van der Waals surface area contributed by atoms with Crippen LogP contribution in [0.25, 0.3) is 0 Å². The molecule has 0 radical (unpaired) electrons. The highest BCUT2D eigenvalue weighted by Crippen LogP contribution is 2.31. The fourth-order valence-corrected chi connectivity index (χ4v) is 2.79. The second kappa shape index (κ2) is 5.84. The van der Waals surface area contributed by atoms with Crippen LogP contribution in [-0.4, -0.2) is 20.3 Å². The van der Waals surface area contributed by atoms with Crippen molar-refractivity contribution in [3.8, 4) is 0 Å². The van der Waals surface area contributed by atoms with Gasteiger partial charge in [-0.05, 0) is 54.2 Å². The quantitative estimate of drug-likeness (QED) is 0.924.